The van der Waals surface area contributed by atoms with E-state index in [2.05, 4.69) is 43.5 Å². The standard InChI is InChI=1S/C38H73NO4/c1-3-5-7-9-11-13-15-17-19-21-22-24-26-28-30-32-36(41)35(34-40)39-38(43)37(42)33-31-29-27-25-23-20-18-16-14-12-10-8-6-4-2/h12,14,16,18,35-37,40-42H,3-11,13,15,17,19-34H2,1-2H3,(H,39,43)/b14-12-,18-16-. The van der Waals surface area contributed by atoms with Crippen molar-refractivity contribution in [2.24, 2.45) is 0 Å². The van der Waals surface area contributed by atoms with Crippen LogP contribution in [0.3, 0.4) is 0 Å². The van der Waals surface area contributed by atoms with Gasteiger partial charge in [0.25, 0.3) is 0 Å². The zero-order chi connectivity index (χ0) is 31.6. The molecule has 0 radical (unpaired) electrons. The minimum Gasteiger partial charge on any atom is -0.394 e. The van der Waals surface area contributed by atoms with E-state index in [0.717, 1.165) is 44.9 Å². The van der Waals surface area contributed by atoms with Gasteiger partial charge in [0.2, 0.25) is 5.91 Å². The summed E-state index contributed by atoms with van der Waals surface area (Å²) in [4.78, 5) is 12.4. The SMILES string of the molecule is CCCCC/C=C\C=C/CCCCCCCC(O)C(=O)NC(CO)C(O)CCCCCCCCCCCCCCCCC. The van der Waals surface area contributed by atoms with Crippen LogP contribution >= 0.6 is 0 Å². The largest absolute Gasteiger partial charge is 0.394 e. The van der Waals surface area contributed by atoms with Crippen molar-refractivity contribution in [1.82, 2.24) is 5.32 Å². The molecule has 43 heavy (non-hydrogen) atoms. The summed E-state index contributed by atoms with van der Waals surface area (Å²) in [5, 5.41) is 33.1. The molecule has 0 bridgehead atoms. The molecule has 0 aromatic rings. The van der Waals surface area contributed by atoms with Crippen LogP contribution in [0.4, 0.5) is 0 Å². The van der Waals surface area contributed by atoms with E-state index in [1.807, 2.05) is 0 Å². The van der Waals surface area contributed by atoms with Crippen LogP contribution in [0.15, 0.2) is 24.3 Å². The van der Waals surface area contributed by atoms with Crippen molar-refractivity contribution < 1.29 is 20.1 Å². The Morgan fingerprint density at radius 2 is 0.930 bits per heavy atom. The van der Waals surface area contributed by atoms with Crippen LogP contribution < -0.4 is 5.32 Å². The number of unbranched alkanes of at least 4 members (excludes halogenated alkanes) is 22. The summed E-state index contributed by atoms with van der Waals surface area (Å²) in [6.07, 6.45) is 38.7. The van der Waals surface area contributed by atoms with E-state index >= 15 is 0 Å². The molecule has 5 nitrogen and oxygen atoms in total. The third kappa shape index (κ3) is 29.3. The molecule has 1 amide bonds. The molecule has 3 unspecified atom stereocenters. The minimum absolute atomic E-state index is 0.318. The number of nitrogens with one attached hydrogen (secondary N) is 1. The highest BCUT2D eigenvalue weighted by molar-refractivity contribution is 5.80. The van der Waals surface area contributed by atoms with Crippen molar-refractivity contribution in [2.75, 3.05) is 6.61 Å². The van der Waals surface area contributed by atoms with Crippen LogP contribution in [-0.2, 0) is 4.79 Å². The second kappa shape index (κ2) is 33.7. The molecule has 0 aliphatic carbocycles. The van der Waals surface area contributed by atoms with Crippen molar-refractivity contribution in [2.45, 2.75) is 205 Å². The summed E-state index contributed by atoms with van der Waals surface area (Å²) in [6.45, 7) is 4.18. The molecule has 0 saturated heterocycles. The molecule has 0 fully saturated rings. The first-order valence-electron chi connectivity index (χ1n) is 18.7. The monoisotopic (exact) mass is 608 g/mol. The lowest BCUT2D eigenvalue weighted by molar-refractivity contribution is -0.131. The molecule has 0 heterocycles. The van der Waals surface area contributed by atoms with Crippen LogP contribution in [-0.4, -0.2) is 46.1 Å². The molecule has 0 aliphatic rings. The Hall–Kier alpha value is -1.17. The minimum atomic E-state index is -1.08. The van der Waals surface area contributed by atoms with E-state index in [0.29, 0.717) is 12.8 Å². The summed E-state index contributed by atoms with van der Waals surface area (Å²) in [6, 6.07) is -0.715. The molecule has 0 aromatic carbocycles. The van der Waals surface area contributed by atoms with Gasteiger partial charge >= 0.3 is 0 Å². The van der Waals surface area contributed by atoms with Gasteiger partial charge in [-0.2, -0.15) is 0 Å². The first-order chi connectivity index (χ1) is 21.1. The number of rotatable bonds is 33. The maximum absolute atomic E-state index is 12.4. The number of carbonyl (C=O) groups is 1. The van der Waals surface area contributed by atoms with Gasteiger partial charge in [0.1, 0.15) is 6.10 Å². The number of amides is 1. The average molecular weight is 608 g/mol. The summed E-state index contributed by atoms with van der Waals surface area (Å²) in [5.74, 6) is -0.484. The summed E-state index contributed by atoms with van der Waals surface area (Å²) < 4.78 is 0. The van der Waals surface area contributed by atoms with Crippen LogP contribution in [0, 0.1) is 0 Å². The zero-order valence-electron chi connectivity index (χ0n) is 28.6. The van der Waals surface area contributed by atoms with Crippen molar-refractivity contribution in [3.8, 4) is 0 Å². The van der Waals surface area contributed by atoms with Crippen molar-refractivity contribution >= 4 is 5.91 Å². The second-order valence-electron chi connectivity index (χ2n) is 12.8. The Morgan fingerprint density at radius 1 is 0.558 bits per heavy atom. The topological polar surface area (TPSA) is 89.8 Å². The van der Waals surface area contributed by atoms with Crippen LogP contribution in [0.5, 0.6) is 0 Å². The van der Waals surface area contributed by atoms with Gasteiger partial charge in [-0.05, 0) is 38.5 Å². The molecule has 0 aliphatic heterocycles. The Bertz CT molecular complexity index is 635. The van der Waals surface area contributed by atoms with Crippen LogP contribution in [0.1, 0.15) is 187 Å². The molecule has 5 heteroatoms. The fourth-order valence-corrected chi connectivity index (χ4v) is 5.59. The van der Waals surface area contributed by atoms with Gasteiger partial charge in [-0.3, -0.25) is 4.79 Å². The van der Waals surface area contributed by atoms with Gasteiger partial charge in [-0.1, -0.05) is 173 Å². The lowest BCUT2D eigenvalue weighted by Gasteiger charge is -2.23. The number of aliphatic hydroxyl groups excluding tert-OH is 3. The molecule has 3 atom stereocenters. The van der Waals surface area contributed by atoms with Crippen LogP contribution in [0.25, 0.3) is 0 Å². The maximum atomic E-state index is 12.4. The van der Waals surface area contributed by atoms with Gasteiger partial charge in [-0.25, -0.2) is 0 Å². The van der Waals surface area contributed by atoms with E-state index in [-0.39, 0.29) is 6.61 Å². The van der Waals surface area contributed by atoms with E-state index in [4.69, 9.17) is 0 Å². The normalized spacial score (nSPS) is 14.1. The zero-order valence-corrected chi connectivity index (χ0v) is 28.6. The molecule has 254 valence electrons. The van der Waals surface area contributed by atoms with Crippen molar-refractivity contribution in [3.63, 3.8) is 0 Å². The average Bonchev–Trinajstić information content (AvgIpc) is 3.01. The number of carbonyl (C=O) groups excluding carboxylic acids is 1. The smallest absolute Gasteiger partial charge is 0.249 e. The van der Waals surface area contributed by atoms with E-state index in [9.17, 15) is 20.1 Å². The van der Waals surface area contributed by atoms with Crippen molar-refractivity contribution in [3.05, 3.63) is 24.3 Å². The van der Waals surface area contributed by atoms with Gasteiger partial charge < -0.3 is 20.6 Å². The van der Waals surface area contributed by atoms with Crippen LogP contribution in [0.2, 0.25) is 0 Å². The number of hydrogen-bond acceptors (Lipinski definition) is 4. The summed E-state index contributed by atoms with van der Waals surface area (Å²) in [5.41, 5.74) is 0. The highest BCUT2D eigenvalue weighted by Crippen LogP contribution is 2.15. The Labute approximate surface area is 267 Å². The number of hydrogen-bond donors (Lipinski definition) is 4. The number of aliphatic hydroxyl groups is 3. The third-order valence-corrected chi connectivity index (χ3v) is 8.60. The second-order valence-corrected chi connectivity index (χ2v) is 12.8. The predicted molar refractivity (Wildman–Crippen MR) is 185 cm³/mol. The molecule has 0 saturated carbocycles. The lowest BCUT2D eigenvalue weighted by atomic mass is 10.0. The lowest BCUT2D eigenvalue weighted by Crippen LogP contribution is -2.49. The Balaban J connectivity index is 3.71. The van der Waals surface area contributed by atoms with E-state index in [1.54, 1.807) is 0 Å². The quantitative estimate of drug-likeness (QED) is 0.0441. The fourth-order valence-electron chi connectivity index (χ4n) is 5.59. The molecular formula is C38H73NO4. The Morgan fingerprint density at radius 3 is 1.40 bits per heavy atom. The number of allylic oxidation sites excluding steroid dienone is 4. The first kappa shape index (κ1) is 41.8. The van der Waals surface area contributed by atoms with Gasteiger partial charge in [0, 0.05) is 0 Å². The fraction of sp³-hybridized carbons (Fsp3) is 0.868. The molecule has 4 N–H and O–H groups in total. The molecule has 0 aromatic heterocycles. The van der Waals surface area contributed by atoms with E-state index < -0.39 is 24.2 Å². The molecule has 0 spiro atoms. The third-order valence-electron chi connectivity index (χ3n) is 8.60. The summed E-state index contributed by atoms with van der Waals surface area (Å²) in [7, 11) is 0. The first-order valence-corrected chi connectivity index (χ1v) is 18.7. The van der Waals surface area contributed by atoms with E-state index in [1.165, 1.54) is 116 Å². The highest BCUT2D eigenvalue weighted by Gasteiger charge is 2.23. The molecule has 0 rings (SSSR count). The van der Waals surface area contributed by atoms with Crippen molar-refractivity contribution in [1.29, 1.82) is 0 Å². The van der Waals surface area contributed by atoms with Gasteiger partial charge in [0.05, 0.1) is 18.8 Å². The molecular weight excluding hydrogens is 534 g/mol. The maximum Gasteiger partial charge on any atom is 0.249 e. The van der Waals surface area contributed by atoms with Gasteiger partial charge in [0.15, 0.2) is 0 Å². The highest BCUT2D eigenvalue weighted by atomic mass is 16.3. The summed E-state index contributed by atoms with van der Waals surface area (Å²) >= 11 is 0. The Kier molecular flexibility index (Phi) is 32.8. The van der Waals surface area contributed by atoms with Gasteiger partial charge in [-0.15, -0.1) is 0 Å². The predicted octanol–water partition coefficient (Wildman–Crippen LogP) is 9.87.